The molecule has 1 fully saturated rings. The van der Waals surface area contributed by atoms with Crippen molar-refractivity contribution in [1.82, 2.24) is 25.2 Å². The number of hydrogen-bond donors (Lipinski definition) is 0. The lowest BCUT2D eigenvalue weighted by molar-refractivity contribution is 0.181. The first-order chi connectivity index (χ1) is 12.1. The number of carbonyl (C=O) groups excluding carboxylic acids is 1. The fraction of sp³-hybridized carbons (Fsp3) is 0.188. The molecule has 0 spiro atoms. The van der Waals surface area contributed by atoms with Gasteiger partial charge in [0.15, 0.2) is 0 Å². The van der Waals surface area contributed by atoms with Crippen LogP contribution in [0.15, 0.2) is 36.5 Å². The standard InChI is InChI=1S/C16H13FN6O2/c1-22-20-15(19-21-22)14-5-2-10(9-18-14)12-4-3-11(8-13(12)17)23-6-7-25-16(23)24/h2-5,8-9H,6-7H2,1H3. The van der Waals surface area contributed by atoms with Crippen molar-refractivity contribution in [2.24, 2.45) is 7.05 Å². The van der Waals surface area contributed by atoms with Crippen molar-refractivity contribution >= 4 is 11.8 Å². The van der Waals surface area contributed by atoms with Crippen LogP contribution in [0.1, 0.15) is 0 Å². The van der Waals surface area contributed by atoms with E-state index in [1.54, 1.807) is 37.5 Å². The zero-order valence-corrected chi connectivity index (χ0v) is 13.3. The van der Waals surface area contributed by atoms with Gasteiger partial charge in [0.05, 0.1) is 19.3 Å². The SMILES string of the molecule is Cn1nnc(-c2ccc(-c3ccc(N4CCOC4=O)cc3F)cn2)n1. The third-order valence-electron chi connectivity index (χ3n) is 3.84. The average molecular weight is 340 g/mol. The van der Waals surface area contributed by atoms with Gasteiger partial charge in [0, 0.05) is 17.3 Å². The third-order valence-corrected chi connectivity index (χ3v) is 3.84. The Balaban J connectivity index is 1.62. The summed E-state index contributed by atoms with van der Waals surface area (Å²) in [6, 6.07) is 8.06. The van der Waals surface area contributed by atoms with E-state index >= 15 is 0 Å². The van der Waals surface area contributed by atoms with Gasteiger partial charge in [-0.2, -0.15) is 4.80 Å². The van der Waals surface area contributed by atoms with E-state index in [1.807, 2.05) is 0 Å². The van der Waals surface area contributed by atoms with Crippen LogP contribution in [0.25, 0.3) is 22.6 Å². The smallest absolute Gasteiger partial charge is 0.414 e. The zero-order valence-electron chi connectivity index (χ0n) is 13.3. The van der Waals surface area contributed by atoms with Crippen molar-refractivity contribution in [2.45, 2.75) is 0 Å². The maximum absolute atomic E-state index is 14.5. The Morgan fingerprint density at radius 3 is 2.72 bits per heavy atom. The van der Waals surface area contributed by atoms with Gasteiger partial charge in [0.25, 0.3) is 0 Å². The number of nitrogens with zero attached hydrogens (tertiary/aromatic N) is 6. The number of rotatable bonds is 3. The molecule has 9 heteroatoms. The van der Waals surface area contributed by atoms with E-state index in [1.165, 1.54) is 15.8 Å². The summed E-state index contributed by atoms with van der Waals surface area (Å²) in [5.41, 5.74) is 2.02. The molecule has 25 heavy (non-hydrogen) atoms. The normalized spacial score (nSPS) is 14.0. The highest BCUT2D eigenvalue weighted by Crippen LogP contribution is 2.28. The van der Waals surface area contributed by atoms with Gasteiger partial charge >= 0.3 is 6.09 Å². The van der Waals surface area contributed by atoms with E-state index < -0.39 is 11.9 Å². The minimum Gasteiger partial charge on any atom is -0.447 e. The van der Waals surface area contributed by atoms with Crippen LogP contribution in [0, 0.1) is 5.82 Å². The monoisotopic (exact) mass is 340 g/mol. The molecule has 1 amide bonds. The summed E-state index contributed by atoms with van der Waals surface area (Å²) in [5, 5.41) is 11.7. The molecule has 0 aliphatic carbocycles. The van der Waals surface area contributed by atoms with Crippen molar-refractivity contribution in [3.63, 3.8) is 0 Å². The van der Waals surface area contributed by atoms with Crippen molar-refractivity contribution < 1.29 is 13.9 Å². The van der Waals surface area contributed by atoms with Crippen molar-refractivity contribution in [1.29, 1.82) is 0 Å². The number of anilines is 1. The van der Waals surface area contributed by atoms with Gasteiger partial charge in [-0.05, 0) is 29.5 Å². The summed E-state index contributed by atoms with van der Waals surface area (Å²) in [4.78, 5) is 18.6. The highest BCUT2D eigenvalue weighted by molar-refractivity contribution is 5.89. The minimum atomic E-state index is -0.463. The molecule has 2 aromatic heterocycles. The summed E-state index contributed by atoms with van der Waals surface area (Å²) >= 11 is 0. The van der Waals surface area contributed by atoms with Gasteiger partial charge < -0.3 is 4.74 Å². The molecule has 3 aromatic rings. The molecule has 1 aliphatic rings. The number of tetrazole rings is 1. The second-order valence-corrected chi connectivity index (χ2v) is 5.46. The third kappa shape index (κ3) is 2.80. The first kappa shape index (κ1) is 15.2. The molecule has 0 atom stereocenters. The average Bonchev–Trinajstić information content (AvgIpc) is 3.23. The Morgan fingerprint density at radius 2 is 2.12 bits per heavy atom. The Hall–Kier alpha value is -3.36. The molecule has 4 rings (SSSR count). The van der Waals surface area contributed by atoms with E-state index in [0.717, 1.165) is 0 Å². The quantitative estimate of drug-likeness (QED) is 0.725. The van der Waals surface area contributed by atoms with E-state index in [2.05, 4.69) is 20.4 Å². The first-order valence-corrected chi connectivity index (χ1v) is 7.56. The molecule has 3 heterocycles. The zero-order chi connectivity index (χ0) is 17.4. The first-order valence-electron chi connectivity index (χ1n) is 7.56. The van der Waals surface area contributed by atoms with Crippen LogP contribution in [0.4, 0.5) is 14.9 Å². The van der Waals surface area contributed by atoms with Gasteiger partial charge in [-0.1, -0.05) is 6.07 Å². The Kier molecular flexibility index (Phi) is 3.60. The maximum atomic E-state index is 14.5. The number of cyclic esters (lactones) is 1. The molecule has 0 N–H and O–H groups in total. The van der Waals surface area contributed by atoms with Gasteiger partial charge in [-0.25, -0.2) is 9.18 Å². The van der Waals surface area contributed by atoms with Gasteiger partial charge in [-0.3, -0.25) is 9.88 Å². The summed E-state index contributed by atoms with van der Waals surface area (Å²) in [6.07, 6.45) is 1.09. The largest absolute Gasteiger partial charge is 0.447 e. The van der Waals surface area contributed by atoms with Crippen LogP contribution in [0.2, 0.25) is 0 Å². The predicted molar refractivity (Wildman–Crippen MR) is 86.1 cm³/mol. The summed E-state index contributed by atoms with van der Waals surface area (Å²) in [5.74, 6) is -0.0400. The number of benzene rings is 1. The highest BCUT2D eigenvalue weighted by Gasteiger charge is 2.24. The molecular formula is C16H13FN6O2. The number of hydrogen-bond acceptors (Lipinski definition) is 6. The Morgan fingerprint density at radius 1 is 1.24 bits per heavy atom. The van der Waals surface area contributed by atoms with Crippen molar-refractivity contribution in [3.8, 4) is 22.6 Å². The Bertz CT molecular complexity index is 940. The van der Waals surface area contributed by atoms with Crippen molar-refractivity contribution in [3.05, 3.63) is 42.3 Å². The van der Waals surface area contributed by atoms with Crippen LogP contribution in [0.5, 0.6) is 0 Å². The molecule has 1 saturated heterocycles. The molecule has 0 saturated carbocycles. The fourth-order valence-electron chi connectivity index (χ4n) is 2.61. The highest BCUT2D eigenvalue weighted by atomic mass is 19.1. The number of aromatic nitrogens is 5. The van der Waals surface area contributed by atoms with Gasteiger partial charge in [-0.15, -0.1) is 10.2 Å². The number of ether oxygens (including phenoxy) is 1. The molecule has 8 nitrogen and oxygen atoms in total. The molecular weight excluding hydrogens is 327 g/mol. The second-order valence-electron chi connectivity index (χ2n) is 5.46. The lowest BCUT2D eigenvalue weighted by Gasteiger charge is -2.14. The van der Waals surface area contributed by atoms with Crippen LogP contribution in [0.3, 0.4) is 0 Å². The fourth-order valence-corrected chi connectivity index (χ4v) is 2.61. The molecule has 1 aromatic carbocycles. The molecule has 0 bridgehead atoms. The van der Waals surface area contributed by atoms with E-state index in [0.29, 0.717) is 41.5 Å². The van der Waals surface area contributed by atoms with Crippen LogP contribution < -0.4 is 4.90 Å². The summed E-state index contributed by atoms with van der Waals surface area (Å²) in [6.45, 7) is 0.725. The van der Waals surface area contributed by atoms with Crippen LogP contribution in [-0.2, 0) is 11.8 Å². The molecule has 0 unspecified atom stereocenters. The predicted octanol–water partition coefficient (Wildman–Crippen LogP) is 2.03. The van der Waals surface area contributed by atoms with Gasteiger partial charge in [0.2, 0.25) is 5.82 Å². The van der Waals surface area contributed by atoms with E-state index in [4.69, 9.17) is 4.74 Å². The van der Waals surface area contributed by atoms with Crippen LogP contribution >= 0.6 is 0 Å². The van der Waals surface area contributed by atoms with E-state index in [9.17, 15) is 9.18 Å². The van der Waals surface area contributed by atoms with Crippen molar-refractivity contribution in [2.75, 3.05) is 18.1 Å². The maximum Gasteiger partial charge on any atom is 0.414 e. The Labute approximate surface area is 141 Å². The number of halogens is 1. The molecule has 1 aliphatic heterocycles. The number of carbonyl (C=O) groups is 1. The molecule has 126 valence electrons. The minimum absolute atomic E-state index is 0.310. The lowest BCUT2D eigenvalue weighted by Crippen LogP contribution is -2.23. The topological polar surface area (TPSA) is 86.0 Å². The molecule has 0 radical (unpaired) electrons. The number of amides is 1. The summed E-state index contributed by atoms with van der Waals surface area (Å²) < 4.78 is 19.4. The van der Waals surface area contributed by atoms with Crippen LogP contribution in [-0.4, -0.2) is 44.4 Å². The van der Waals surface area contributed by atoms with Gasteiger partial charge in [0.1, 0.15) is 18.1 Å². The number of aryl methyl sites for hydroxylation is 1. The summed E-state index contributed by atoms with van der Waals surface area (Å²) in [7, 11) is 1.66. The second kappa shape index (κ2) is 5.93. The number of pyridine rings is 1. The lowest BCUT2D eigenvalue weighted by atomic mass is 10.1. The van der Waals surface area contributed by atoms with E-state index in [-0.39, 0.29) is 0 Å².